The van der Waals surface area contributed by atoms with Crippen LogP contribution in [-0.4, -0.2) is 9.38 Å². The molecule has 2 nitrogen and oxygen atoms in total. The van der Waals surface area contributed by atoms with Gasteiger partial charge < -0.3 is 0 Å². The zero-order chi connectivity index (χ0) is 18.9. The van der Waals surface area contributed by atoms with Gasteiger partial charge in [-0.25, -0.2) is 4.98 Å². The molecule has 0 saturated carbocycles. The lowest BCUT2D eigenvalue weighted by atomic mass is 9.95. The monoisotopic (exact) mass is 368 g/mol. The van der Waals surface area contributed by atoms with Crippen LogP contribution in [0.5, 0.6) is 0 Å². The highest BCUT2D eigenvalue weighted by Gasteiger charge is 2.15. The van der Waals surface area contributed by atoms with Crippen molar-refractivity contribution in [2.24, 2.45) is 0 Å². The first-order valence-electron chi connectivity index (χ1n) is 9.91. The first-order valence-corrected chi connectivity index (χ1v) is 9.91. The quantitative estimate of drug-likeness (QED) is 0.261. The van der Waals surface area contributed by atoms with Crippen molar-refractivity contribution in [3.8, 4) is 0 Å². The Morgan fingerprint density at radius 1 is 0.517 bits per heavy atom. The highest BCUT2D eigenvalue weighted by atomic mass is 15.0. The first kappa shape index (κ1) is 15.1. The molecular formula is C27H16N2. The van der Waals surface area contributed by atoms with Gasteiger partial charge >= 0.3 is 0 Å². The van der Waals surface area contributed by atoms with Crippen LogP contribution in [0.1, 0.15) is 0 Å². The summed E-state index contributed by atoms with van der Waals surface area (Å²) in [6, 6.07) is 30.5. The third kappa shape index (κ3) is 1.88. The van der Waals surface area contributed by atoms with Crippen LogP contribution in [-0.2, 0) is 0 Å². The molecule has 3 aromatic heterocycles. The number of pyridine rings is 2. The number of nitrogens with zero attached hydrogens (tertiary/aromatic N) is 2. The largest absolute Gasteiger partial charge is 0.299 e. The molecule has 0 unspecified atom stereocenters. The second-order valence-corrected chi connectivity index (χ2v) is 7.68. The molecule has 2 heteroatoms. The maximum Gasteiger partial charge on any atom is 0.145 e. The number of hydrogen-bond donors (Lipinski definition) is 0. The van der Waals surface area contributed by atoms with Gasteiger partial charge in [0.1, 0.15) is 5.65 Å². The van der Waals surface area contributed by atoms with Crippen LogP contribution >= 0.6 is 0 Å². The Labute approximate surface area is 166 Å². The third-order valence-electron chi connectivity index (χ3n) is 6.19. The van der Waals surface area contributed by atoms with Crippen molar-refractivity contribution >= 4 is 59.6 Å². The number of benzene rings is 4. The van der Waals surface area contributed by atoms with Gasteiger partial charge in [0.25, 0.3) is 0 Å². The Kier molecular flexibility index (Phi) is 2.77. The van der Waals surface area contributed by atoms with Crippen molar-refractivity contribution in [2.75, 3.05) is 0 Å². The molecule has 0 aliphatic heterocycles. The van der Waals surface area contributed by atoms with Gasteiger partial charge in [0.05, 0.1) is 5.52 Å². The molecule has 7 rings (SSSR count). The van der Waals surface area contributed by atoms with Crippen molar-refractivity contribution < 1.29 is 0 Å². The fourth-order valence-electron chi connectivity index (χ4n) is 4.96. The van der Waals surface area contributed by atoms with E-state index in [2.05, 4.69) is 89.5 Å². The van der Waals surface area contributed by atoms with E-state index in [0.29, 0.717) is 0 Å². The Balaban J connectivity index is 1.86. The molecule has 0 aliphatic rings. The van der Waals surface area contributed by atoms with Gasteiger partial charge in [0, 0.05) is 39.3 Å². The molecular weight excluding hydrogens is 352 g/mol. The lowest BCUT2D eigenvalue weighted by Gasteiger charge is -2.13. The first-order chi connectivity index (χ1) is 14.4. The fraction of sp³-hybridized carbons (Fsp3) is 0. The summed E-state index contributed by atoms with van der Waals surface area (Å²) in [6.07, 6.45) is 4.10. The second kappa shape index (κ2) is 5.33. The molecule has 134 valence electrons. The minimum atomic E-state index is 1.01. The number of rotatable bonds is 0. The predicted octanol–water partition coefficient (Wildman–Crippen LogP) is 7.10. The summed E-state index contributed by atoms with van der Waals surface area (Å²) in [5.41, 5.74) is 2.24. The van der Waals surface area contributed by atoms with Crippen LogP contribution in [0.4, 0.5) is 0 Å². The third-order valence-corrected chi connectivity index (χ3v) is 6.19. The van der Waals surface area contributed by atoms with E-state index in [1.165, 1.54) is 54.0 Å². The Bertz CT molecular complexity index is 1760. The van der Waals surface area contributed by atoms with Gasteiger partial charge in [-0.15, -0.1) is 0 Å². The average Bonchev–Trinajstić information content (AvgIpc) is 3.18. The Morgan fingerprint density at radius 2 is 1.24 bits per heavy atom. The van der Waals surface area contributed by atoms with Crippen molar-refractivity contribution in [1.82, 2.24) is 9.38 Å². The van der Waals surface area contributed by atoms with Crippen molar-refractivity contribution in [1.29, 1.82) is 0 Å². The van der Waals surface area contributed by atoms with Crippen molar-refractivity contribution in [2.45, 2.75) is 0 Å². The van der Waals surface area contributed by atoms with E-state index >= 15 is 0 Å². The van der Waals surface area contributed by atoms with E-state index in [9.17, 15) is 0 Å². The highest BCUT2D eigenvalue weighted by molar-refractivity contribution is 6.29. The number of hydrogen-bond acceptors (Lipinski definition) is 1. The molecule has 0 saturated heterocycles. The van der Waals surface area contributed by atoms with Crippen LogP contribution in [0.15, 0.2) is 97.3 Å². The molecule has 0 N–H and O–H groups in total. The lowest BCUT2D eigenvalue weighted by molar-refractivity contribution is 1.21. The lowest BCUT2D eigenvalue weighted by Crippen LogP contribution is -1.93. The van der Waals surface area contributed by atoms with Crippen LogP contribution in [0, 0.1) is 0 Å². The molecule has 0 radical (unpaired) electrons. The Hall–Kier alpha value is -3.91. The Morgan fingerprint density at radius 3 is 2.17 bits per heavy atom. The molecule has 0 bridgehead atoms. The SMILES string of the molecule is c1ccc2c(c1)ccc1c2ccc2c1c1cccnc1n1cc3ccccc3c21. The highest BCUT2D eigenvalue weighted by Crippen LogP contribution is 2.39. The molecule has 7 aromatic rings. The molecule has 0 atom stereocenters. The van der Waals surface area contributed by atoms with E-state index < -0.39 is 0 Å². The summed E-state index contributed by atoms with van der Waals surface area (Å²) in [6.45, 7) is 0. The van der Waals surface area contributed by atoms with Gasteiger partial charge in [-0.3, -0.25) is 4.40 Å². The standard InChI is InChI=1S/C27H16N2/c1-3-8-19-17(6-1)11-12-22-21(19)13-14-23-25(22)24-10-5-15-28-27(24)29-16-18-7-2-4-9-20(18)26(23)29/h1-16H. The van der Waals surface area contributed by atoms with Gasteiger partial charge in [-0.1, -0.05) is 72.8 Å². The molecule has 0 spiro atoms. The summed E-state index contributed by atoms with van der Waals surface area (Å²) in [4.78, 5) is 4.79. The van der Waals surface area contributed by atoms with E-state index in [-0.39, 0.29) is 0 Å². The van der Waals surface area contributed by atoms with E-state index in [4.69, 9.17) is 4.98 Å². The molecule has 0 aliphatic carbocycles. The van der Waals surface area contributed by atoms with Crippen molar-refractivity contribution in [3.05, 3.63) is 97.3 Å². The summed E-state index contributed by atoms with van der Waals surface area (Å²) in [7, 11) is 0. The predicted molar refractivity (Wildman–Crippen MR) is 123 cm³/mol. The normalized spacial score (nSPS) is 12.1. The average molecular weight is 368 g/mol. The maximum absolute atomic E-state index is 4.79. The molecule has 0 amide bonds. The van der Waals surface area contributed by atoms with Crippen molar-refractivity contribution in [3.63, 3.8) is 0 Å². The molecule has 29 heavy (non-hydrogen) atoms. The van der Waals surface area contributed by atoms with E-state index in [0.717, 1.165) is 5.65 Å². The maximum atomic E-state index is 4.79. The molecule has 3 heterocycles. The van der Waals surface area contributed by atoms with Gasteiger partial charge in [-0.2, -0.15) is 0 Å². The van der Waals surface area contributed by atoms with Gasteiger partial charge in [0.2, 0.25) is 0 Å². The summed E-state index contributed by atoms with van der Waals surface area (Å²) >= 11 is 0. The van der Waals surface area contributed by atoms with Crippen LogP contribution < -0.4 is 0 Å². The van der Waals surface area contributed by atoms with Gasteiger partial charge in [-0.05, 0) is 33.7 Å². The van der Waals surface area contributed by atoms with Crippen LogP contribution in [0.2, 0.25) is 0 Å². The van der Waals surface area contributed by atoms with E-state index in [1.54, 1.807) is 0 Å². The number of fused-ring (bicyclic) bond motifs is 12. The zero-order valence-electron chi connectivity index (χ0n) is 15.6. The zero-order valence-corrected chi connectivity index (χ0v) is 15.6. The summed E-state index contributed by atoms with van der Waals surface area (Å²) in [5.74, 6) is 0. The van der Waals surface area contributed by atoms with E-state index in [1.807, 2.05) is 12.3 Å². The van der Waals surface area contributed by atoms with Gasteiger partial charge in [0.15, 0.2) is 0 Å². The summed E-state index contributed by atoms with van der Waals surface area (Å²) in [5, 5.41) is 11.4. The smallest absolute Gasteiger partial charge is 0.145 e. The minimum Gasteiger partial charge on any atom is -0.299 e. The molecule has 0 fully saturated rings. The molecule has 4 aromatic carbocycles. The topological polar surface area (TPSA) is 17.3 Å². The minimum absolute atomic E-state index is 1.01. The second-order valence-electron chi connectivity index (χ2n) is 7.68. The van der Waals surface area contributed by atoms with Crippen LogP contribution in [0.25, 0.3) is 59.6 Å². The van der Waals surface area contributed by atoms with Crippen LogP contribution in [0.3, 0.4) is 0 Å². The fourth-order valence-corrected chi connectivity index (χ4v) is 4.96. The number of aromatic nitrogens is 2. The summed E-state index contributed by atoms with van der Waals surface area (Å²) < 4.78 is 2.26.